The van der Waals surface area contributed by atoms with Crippen LogP contribution in [0.5, 0.6) is 0 Å². The van der Waals surface area contributed by atoms with Gasteiger partial charge in [-0.1, -0.05) is 13.8 Å². The molecule has 0 aromatic carbocycles. The van der Waals surface area contributed by atoms with E-state index in [-0.39, 0.29) is 36.8 Å². The average molecular weight is 279 g/mol. The van der Waals surface area contributed by atoms with Crippen molar-refractivity contribution in [2.45, 2.75) is 33.8 Å². The van der Waals surface area contributed by atoms with Crippen LogP contribution in [0.2, 0.25) is 0 Å². The predicted octanol–water partition coefficient (Wildman–Crippen LogP) is 0.635. The van der Waals surface area contributed by atoms with Crippen LogP contribution in [-0.4, -0.2) is 50.1 Å². The SMILES string of the molecule is CCN(CC(C)C(=N)N)S(=O)(=O)CCOC(C)C. The summed E-state index contributed by atoms with van der Waals surface area (Å²) in [6.45, 7) is 8.05. The molecule has 3 N–H and O–H groups in total. The lowest BCUT2D eigenvalue weighted by Gasteiger charge is -2.23. The lowest BCUT2D eigenvalue weighted by atomic mass is 10.1. The number of rotatable bonds is 9. The molecule has 0 saturated carbocycles. The minimum Gasteiger partial charge on any atom is -0.387 e. The smallest absolute Gasteiger partial charge is 0.216 e. The number of nitrogens with zero attached hydrogens (tertiary/aromatic N) is 1. The zero-order valence-corrected chi connectivity index (χ0v) is 12.5. The highest BCUT2D eigenvalue weighted by Crippen LogP contribution is 2.07. The molecule has 0 aromatic rings. The standard InChI is InChI=1S/C11H25N3O3S/c1-5-14(8-10(4)11(12)13)18(15,16)7-6-17-9(2)3/h9-10H,5-8H2,1-4H3,(H3,12,13). The van der Waals surface area contributed by atoms with Crippen molar-refractivity contribution in [1.82, 2.24) is 4.31 Å². The molecule has 0 aromatic heterocycles. The van der Waals surface area contributed by atoms with Crippen LogP contribution in [-0.2, 0) is 14.8 Å². The van der Waals surface area contributed by atoms with E-state index in [0.717, 1.165) is 0 Å². The van der Waals surface area contributed by atoms with Crippen LogP contribution < -0.4 is 5.73 Å². The monoisotopic (exact) mass is 279 g/mol. The summed E-state index contributed by atoms with van der Waals surface area (Å²) in [5.74, 6) is -0.309. The normalized spacial score (nSPS) is 14.1. The van der Waals surface area contributed by atoms with Crippen molar-refractivity contribution >= 4 is 15.9 Å². The summed E-state index contributed by atoms with van der Waals surface area (Å²) in [6.07, 6.45) is 0.0198. The van der Waals surface area contributed by atoms with Gasteiger partial charge >= 0.3 is 0 Å². The Hall–Kier alpha value is -0.660. The Morgan fingerprint density at radius 1 is 1.39 bits per heavy atom. The molecular formula is C11H25N3O3S. The highest BCUT2D eigenvalue weighted by molar-refractivity contribution is 7.89. The fourth-order valence-corrected chi connectivity index (χ4v) is 2.77. The highest BCUT2D eigenvalue weighted by Gasteiger charge is 2.23. The minimum absolute atomic E-state index is 0.00193. The summed E-state index contributed by atoms with van der Waals surface area (Å²) in [5.41, 5.74) is 5.36. The molecule has 0 aliphatic rings. The van der Waals surface area contributed by atoms with Crippen LogP contribution in [0, 0.1) is 11.3 Å². The fraction of sp³-hybridized carbons (Fsp3) is 0.909. The molecule has 6 nitrogen and oxygen atoms in total. The molecule has 0 bridgehead atoms. The van der Waals surface area contributed by atoms with Gasteiger partial charge in [0.05, 0.1) is 24.3 Å². The van der Waals surface area contributed by atoms with Gasteiger partial charge in [0.15, 0.2) is 0 Å². The fourth-order valence-electron chi connectivity index (χ4n) is 1.36. The lowest BCUT2D eigenvalue weighted by molar-refractivity contribution is 0.0907. The van der Waals surface area contributed by atoms with Crippen molar-refractivity contribution < 1.29 is 13.2 Å². The van der Waals surface area contributed by atoms with Gasteiger partial charge in [-0.25, -0.2) is 12.7 Å². The van der Waals surface area contributed by atoms with Crippen LogP contribution in [0.4, 0.5) is 0 Å². The van der Waals surface area contributed by atoms with E-state index >= 15 is 0 Å². The van der Waals surface area contributed by atoms with Crippen molar-refractivity contribution in [3.05, 3.63) is 0 Å². The zero-order valence-electron chi connectivity index (χ0n) is 11.6. The van der Waals surface area contributed by atoms with Crippen LogP contribution in [0.3, 0.4) is 0 Å². The van der Waals surface area contributed by atoms with Crippen LogP contribution in [0.15, 0.2) is 0 Å². The van der Waals surface area contributed by atoms with Crippen molar-refractivity contribution in [1.29, 1.82) is 5.41 Å². The molecule has 0 rings (SSSR count). The van der Waals surface area contributed by atoms with Gasteiger partial charge in [-0.3, -0.25) is 5.41 Å². The maximum atomic E-state index is 12.0. The molecule has 1 unspecified atom stereocenters. The summed E-state index contributed by atoms with van der Waals surface area (Å²) in [5, 5.41) is 7.30. The maximum Gasteiger partial charge on any atom is 0.216 e. The number of nitrogens with two attached hydrogens (primary N) is 1. The Morgan fingerprint density at radius 3 is 2.33 bits per heavy atom. The van der Waals surface area contributed by atoms with E-state index in [2.05, 4.69) is 0 Å². The van der Waals surface area contributed by atoms with Crippen molar-refractivity contribution in [3.63, 3.8) is 0 Å². The summed E-state index contributed by atoms with van der Waals surface area (Å²) in [7, 11) is -3.34. The molecule has 7 heteroatoms. The molecule has 0 aliphatic carbocycles. The number of amidine groups is 1. The van der Waals surface area contributed by atoms with Gasteiger partial charge in [0.1, 0.15) is 0 Å². The first-order valence-electron chi connectivity index (χ1n) is 6.14. The number of hydrogen-bond donors (Lipinski definition) is 2. The Morgan fingerprint density at radius 2 is 1.94 bits per heavy atom. The van der Waals surface area contributed by atoms with Gasteiger partial charge in [0, 0.05) is 19.0 Å². The molecule has 18 heavy (non-hydrogen) atoms. The van der Waals surface area contributed by atoms with E-state index in [9.17, 15) is 8.42 Å². The second kappa shape index (κ2) is 7.70. The minimum atomic E-state index is -3.34. The van der Waals surface area contributed by atoms with Gasteiger partial charge in [-0.15, -0.1) is 0 Å². The molecule has 0 amide bonds. The van der Waals surface area contributed by atoms with Gasteiger partial charge < -0.3 is 10.5 Å². The largest absolute Gasteiger partial charge is 0.387 e. The summed E-state index contributed by atoms with van der Waals surface area (Å²) in [4.78, 5) is 0. The molecule has 0 heterocycles. The Kier molecular flexibility index (Phi) is 7.42. The Balaban J connectivity index is 4.48. The molecule has 0 saturated heterocycles. The lowest BCUT2D eigenvalue weighted by Crippen LogP contribution is -2.40. The summed E-state index contributed by atoms with van der Waals surface area (Å²) in [6, 6.07) is 0. The molecule has 0 radical (unpaired) electrons. The van der Waals surface area contributed by atoms with E-state index in [1.165, 1.54) is 4.31 Å². The first kappa shape index (κ1) is 17.3. The molecule has 0 fully saturated rings. The summed E-state index contributed by atoms with van der Waals surface area (Å²) >= 11 is 0. The van der Waals surface area contributed by atoms with Gasteiger partial charge in [0.2, 0.25) is 10.0 Å². The van der Waals surface area contributed by atoms with E-state index in [0.29, 0.717) is 6.54 Å². The quantitative estimate of drug-likeness (QED) is 0.478. The first-order valence-corrected chi connectivity index (χ1v) is 7.75. The Labute approximate surface area is 110 Å². The Bertz CT molecular complexity index is 355. The third-order valence-electron chi connectivity index (χ3n) is 2.55. The topological polar surface area (TPSA) is 96.5 Å². The molecule has 1 atom stereocenters. The van der Waals surface area contributed by atoms with Gasteiger partial charge in [0.25, 0.3) is 0 Å². The number of ether oxygens (including phenoxy) is 1. The van der Waals surface area contributed by atoms with Crippen LogP contribution >= 0.6 is 0 Å². The van der Waals surface area contributed by atoms with Crippen molar-refractivity contribution in [2.24, 2.45) is 11.7 Å². The third kappa shape index (κ3) is 6.32. The number of sulfonamides is 1. The zero-order chi connectivity index (χ0) is 14.3. The predicted molar refractivity (Wildman–Crippen MR) is 73.2 cm³/mol. The van der Waals surface area contributed by atoms with E-state index in [1.807, 2.05) is 13.8 Å². The molecular weight excluding hydrogens is 254 g/mol. The first-order chi connectivity index (χ1) is 8.20. The second-order valence-corrected chi connectivity index (χ2v) is 6.63. The second-order valence-electron chi connectivity index (χ2n) is 4.54. The third-order valence-corrected chi connectivity index (χ3v) is 4.42. The maximum absolute atomic E-state index is 12.0. The molecule has 0 aliphatic heterocycles. The van der Waals surface area contributed by atoms with E-state index < -0.39 is 10.0 Å². The number of nitrogens with one attached hydrogen (secondary N) is 1. The van der Waals surface area contributed by atoms with Crippen LogP contribution in [0.25, 0.3) is 0 Å². The van der Waals surface area contributed by atoms with Gasteiger partial charge in [-0.2, -0.15) is 0 Å². The molecule has 108 valence electrons. The summed E-state index contributed by atoms with van der Waals surface area (Å²) < 4.78 is 30.7. The highest BCUT2D eigenvalue weighted by atomic mass is 32.2. The van der Waals surface area contributed by atoms with Crippen LogP contribution in [0.1, 0.15) is 27.7 Å². The number of hydrogen-bond acceptors (Lipinski definition) is 4. The van der Waals surface area contributed by atoms with E-state index in [1.54, 1.807) is 13.8 Å². The molecule has 0 spiro atoms. The van der Waals surface area contributed by atoms with Crippen molar-refractivity contribution in [3.8, 4) is 0 Å². The van der Waals surface area contributed by atoms with Gasteiger partial charge in [-0.05, 0) is 13.8 Å². The van der Waals surface area contributed by atoms with Crippen molar-refractivity contribution in [2.75, 3.05) is 25.4 Å². The van der Waals surface area contributed by atoms with E-state index in [4.69, 9.17) is 15.9 Å². The average Bonchev–Trinajstić information content (AvgIpc) is 2.23.